The van der Waals surface area contributed by atoms with Crippen molar-refractivity contribution in [3.05, 3.63) is 47.3 Å². The number of aromatic nitrogens is 2. The maximum atomic E-state index is 12.1. The molecule has 7 nitrogen and oxygen atoms in total. The van der Waals surface area contributed by atoms with E-state index in [9.17, 15) is 4.79 Å². The molecule has 3 N–H and O–H groups in total. The van der Waals surface area contributed by atoms with Crippen molar-refractivity contribution in [2.24, 2.45) is 10.9 Å². The fourth-order valence-electron chi connectivity index (χ4n) is 3.05. The lowest BCUT2D eigenvalue weighted by Crippen LogP contribution is -2.38. The van der Waals surface area contributed by atoms with Crippen LogP contribution in [0.5, 0.6) is 0 Å². The quantitative estimate of drug-likeness (QED) is 0.182. The Morgan fingerprint density at radius 3 is 2.61 bits per heavy atom. The van der Waals surface area contributed by atoms with Gasteiger partial charge in [0.1, 0.15) is 0 Å². The summed E-state index contributed by atoms with van der Waals surface area (Å²) < 4.78 is 2.04. The summed E-state index contributed by atoms with van der Waals surface area (Å²) in [4.78, 5) is 16.8. The third-order valence-electron chi connectivity index (χ3n) is 4.96. The summed E-state index contributed by atoms with van der Waals surface area (Å²) in [6.07, 6.45) is 1.79. The fraction of sp³-hybridized carbons (Fsp3) is 0.522. The predicted octanol–water partition coefficient (Wildman–Crippen LogP) is 4.25. The van der Waals surface area contributed by atoms with Crippen LogP contribution < -0.4 is 16.0 Å². The number of aliphatic imine (C=N–C) groups is 1. The van der Waals surface area contributed by atoms with E-state index in [1.54, 1.807) is 0 Å². The van der Waals surface area contributed by atoms with Crippen molar-refractivity contribution in [3.8, 4) is 0 Å². The SMILES string of the molecule is CCNC(=NCc1cccc(NC(=O)C(C)CC)c1)NCCCn1nc(C)cc1C.I. The number of hydrogen-bond donors (Lipinski definition) is 3. The molecule has 8 heteroatoms. The van der Waals surface area contributed by atoms with Crippen molar-refractivity contribution in [1.29, 1.82) is 0 Å². The van der Waals surface area contributed by atoms with E-state index in [4.69, 9.17) is 0 Å². The molecule has 0 bridgehead atoms. The first-order valence-electron chi connectivity index (χ1n) is 10.9. The van der Waals surface area contributed by atoms with Crippen LogP contribution in [0.25, 0.3) is 0 Å². The van der Waals surface area contributed by atoms with Crippen LogP contribution in [0, 0.1) is 19.8 Å². The highest BCUT2D eigenvalue weighted by Gasteiger charge is 2.10. The van der Waals surface area contributed by atoms with Crippen LogP contribution in [-0.2, 0) is 17.9 Å². The third-order valence-corrected chi connectivity index (χ3v) is 4.96. The van der Waals surface area contributed by atoms with Gasteiger partial charge in [-0.05, 0) is 57.4 Å². The largest absolute Gasteiger partial charge is 0.357 e. The number of carbonyl (C=O) groups excluding carboxylic acids is 1. The van der Waals surface area contributed by atoms with Gasteiger partial charge in [0.05, 0.1) is 12.2 Å². The zero-order chi connectivity index (χ0) is 21.9. The van der Waals surface area contributed by atoms with E-state index in [2.05, 4.69) is 46.0 Å². The van der Waals surface area contributed by atoms with Crippen LogP contribution in [0.4, 0.5) is 5.69 Å². The van der Waals surface area contributed by atoms with Crippen molar-refractivity contribution in [3.63, 3.8) is 0 Å². The topological polar surface area (TPSA) is 83.3 Å². The Bertz CT molecular complexity index is 848. The third kappa shape index (κ3) is 9.28. The average Bonchev–Trinajstić information content (AvgIpc) is 3.05. The number of benzene rings is 1. The number of rotatable bonds is 10. The molecular weight excluding hydrogens is 503 g/mol. The highest BCUT2D eigenvalue weighted by molar-refractivity contribution is 14.0. The minimum absolute atomic E-state index is 0. The first-order valence-corrected chi connectivity index (χ1v) is 10.9. The van der Waals surface area contributed by atoms with Crippen LogP contribution in [0.3, 0.4) is 0 Å². The molecule has 1 aromatic heterocycles. The lowest BCUT2D eigenvalue weighted by atomic mass is 10.1. The summed E-state index contributed by atoms with van der Waals surface area (Å²) in [5.74, 6) is 0.848. The molecule has 0 aliphatic carbocycles. The molecule has 2 rings (SSSR count). The molecule has 0 aliphatic heterocycles. The molecule has 0 fully saturated rings. The minimum atomic E-state index is 0. The number of aryl methyl sites for hydroxylation is 3. The van der Waals surface area contributed by atoms with Crippen LogP contribution in [-0.4, -0.2) is 34.7 Å². The van der Waals surface area contributed by atoms with Crippen LogP contribution in [0.15, 0.2) is 35.3 Å². The second-order valence-electron chi connectivity index (χ2n) is 7.62. The van der Waals surface area contributed by atoms with Gasteiger partial charge in [-0.2, -0.15) is 5.10 Å². The summed E-state index contributed by atoms with van der Waals surface area (Å²) in [6.45, 7) is 13.1. The van der Waals surface area contributed by atoms with Gasteiger partial charge in [0, 0.05) is 36.9 Å². The normalized spacial score (nSPS) is 12.1. The number of carbonyl (C=O) groups is 1. The minimum Gasteiger partial charge on any atom is -0.357 e. The van der Waals surface area contributed by atoms with E-state index in [1.165, 1.54) is 5.69 Å². The Kier molecular flexibility index (Phi) is 12.2. The monoisotopic (exact) mass is 540 g/mol. The van der Waals surface area contributed by atoms with Gasteiger partial charge < -0.3 is 16.0 Å². The van der Waals surface area contributed by atoms with Gasteiger partial charge in [-0.1, -0.05) is 26.0 Å². The Labute approximate surface area is 203 Å². The Hall–Kier alpha value is -2.10. The molecule has 31 heavy (non-hydrogen) atoms. The molecule has 2 aromatic rings. The zero-order valence-corrected chi connectivity index (χ0v) is 21.7. The molecule has 0 saturated heterocycles. The maximum absolute atomic E-state index is 12.1. The van der Waals surface area contributed by atoms with Crippen molar-refractivity contribution in [2.75, 3.05) is 18.4 Å². The van der Waals surface area contributed by atoms with E-state index < -0.39 is 0 Å². The van der Waals surface area contributed by atoms with E-state index in [-0.39, 0.29) is 35.8 Å². The van der Waals surface area contributed by atoms with Gasteiger partial charge in [0.25, 0.3) is 0 Å². The number of hydrogen-bond acceptors (Lipinski definition) is 3. The van der Waals surface area contributed by atoms with Crippen LogP contribution >= 0.6 is 24.0 Å². The average molecular weight is 540 g/mol. The van der Waals surface area contributed by atoms with E-state index in [0.717, 1.165) is 55.4 Å². The summed E-state index contributed by atoms with van der Waals surface area (Å²) in [5.41, 5.74) is 4.11. The molecule has 0 saturated carbocycles. The molecule has 0 spiro atoms. The highest BCUT2D eigenvalue weighted by Crippen LogP contribution is 2.14. The van der Waals surface area contributed by atoms with Gasteiger partial charge in [0.15, 0.2) is 5.96 Å². The van der Waals surface area contributed by atoms with E-state index >= 15 is 0 Å². The van der Waals surface area contributed by atoms with Gasteiger partial charge in [-0.3, -0.25) is 9.48 Å². The maximum Gasteiger partial charge on any atom is 0.227 e. The number of halogens is 1. The van der Waals surface area contributed by atoms with Crippen LogP contribution in [0.1, 0.15) is 50.6 Å². The van der Waals surface area contributed by atoms with Crippen molar-refractivity contribution in [2.45, 2.75) is 60.5 Å². The lowest BCUT2D eigenvalue weighted by molar-refractivity contribution is -0.119. The van der Waals surface area contributed by atoms with Gasteiger partial charge >= 0.3 is 0 Å². The lowest BCUT2D eigenvalue weighted by Gasteiger charge is -2.13. The number of anilines is 1. The molecule has 0 radical (unpaired) electrons. The molecule has 172 valence electrons. The standard InChI is InChI=1S/C23H36N6O.HI/c1-6-17(3)22(30)27-21-11-8-10-20(15-21)16-26-23(24-7-2)25-12-9-13-29-19(5)14-18(4)28-29;/h8,10-11,14-15,17H,6-7,9,12-13,16H2,1-5H3,(H,27,30)(H2,24,25,26);1H. The molecular formula is C23H37IN6O. The predicted molar refractivity (Wildman–Crippen MR) is 139 cm³/mol. The molecule has 1 atom stereocenters. The van der Waals surface area contributed by atoms with E-state index in [0.29, 0.717) is 6.54 Å². The number of nitrogens with one attached hydrogen (secondary N) is 3. The first kappa shape index (κ1) is 26.9. The molecule has 1 unspecified atom stereocenters. The number of amides is 1. The van der Waals surface area contributed by atoms with Gasteiger partial charge in [-0.25, -0.2) is 4.99 Å². The second kappa shape index (κ2) is 14.1. The van der Waals surface area contributed by atoms with Crippen molar-refractivity contribution >= 4 is 41.5 Å². The smallest absolute Gasteiger partial charge is 0.227 e. The van der Waals surface area contributed by atoms with Crippen molar-refractivity contribution < 1.29 is 4.79 Å². The second-order valence-corrected chi connectivity index (χ2v) is 7.62. The summed E-state index contributed by atoms with van der Waals surface area (Å²) >= 11 is 0. The molecule has 0 aliphatic rings. The van der Waals surface area contributed by atoms with Crippen molar-refractivity contribution in [1.82, 2.24) is 20.4 Å². The molecule has 1 amide bonds. The fourth-order valence-corrected chi connectivity index (χ4v) is 3.05. The first-order chi connectivity index (χ1) is 14.4. The summed E-state index contributed by atoms with van der Waals surface area (Å²) in [6, 6.07) is 9.96. The summed E-state index contributed by atoms with van der Waals surface area (Å²) in [7, 11) is 0. The Balaban J connectivity index is 0.00000480. The number of guanidine groups is 1. The van der Waals surface area contributed by atoms with Gasteiger partial charge in [-0.15, -0.1) is 24.0 Å². The van der Waals surface area contributed by atoms with E-state index in [1.807, 2.05) is 49.7 Å². The van der Waals surface area contributed by atoms with Crippen LogP contribution in [0.2, 0.25) is 0 Å². The molecule has 1 heterocycles. The van der Waals surface area contributed by atoms with Gasteiger partial charge in [0.2, 0.25) is 5.91 Å². The number of nitrogens with zero attached hydrogens (tertiary/aromatic N) is 3. The Morgan fingerprint density at radius 2 is 1.97 bits per heavy atom. The zero-order valence-electron chi connectivity index (χ0n) is 19.4. The summed E-state index contributed by atoms with van der Waals surface area (Å²) in [5, 5.41) is 14.1. The molecule has 1 aromatic carbocycles. The highest BCUT2D eigenvalue weighted by atomic mass is 127. The Morgan fingerprint density at radius 1 is 1.19 bits per heavy atom.